The van der Waals surface area contributed by atoms with E-state index in [-0.39, 0.29) is 16.2 Å². The molecule has 2 aromatic carbocycles. The Morgan fingerprint density at radius 2 is 1.60 bits per heavy atom. The fraction of sp³-hybridized carbons (Fsp3) is 0.500. The summed E-state index contributed by atoms with van der Waals surface area (Å²) in [7, 11) is 0. The predicted molar refractivity (Wildman–Crippen MR) is 212 cm³/mol. The SMILES string of the molecule is C=C(C)C1=C(C)C[C@@]2(C)C[C@@]3(C)Cc4c(-c5cc(CCC(C(=C)CCC)C(C)C)ccc5CC)ccc(C)c4C(=C)C3=C(C)[C@@]2(C)C1=C. The zero-order chi connectivity index (χ0) is 35.5. The molecule has 0 nitrogen and oxygen atoms in total. The quantitative estimate of drug-likeness (QED) is 0.227. The Kier molecular flexibility index (Phi) is 9.77. The second-order valence-electron chi connectivity index (χ2n) is 17.1. The minimum Gasteiger partial charge on any atom is -0.0996 e. The molecule has 0 amide bonds. The molecule has 0 spiro atoms. The van der Waals surface area contributed by atoms with Gasteiger partial charge in [0.25, 0.3) is 0 Å². The maximum absolute atomic E-state index is 4.95. The maximum atomic E-state index is 4.95. The average molecular weight is 641 g/mol. The van der Waals surface area contributed by atoms with Crippen LogP contribution in [0.5, 0.6) is 0 Å². The molecule has 0 bridgehead atoms. The lowest BCUT2D eigenvalue weighted by Gasteiger charge is -2.62. The van der Waals surface area contributed by atoms with Crippen molar-refractivity contribution in [2.24, 2.45) is 28.1 Å². The van der Waals surface area contributed by atoms with E-state index in [0.717, 1.165) is 44.1 Å². The summed E-state index contributed by atoms with van der Waals surface area (Å²) in [5, 5.41) is 0. The second-order valence-corrected chi connectivity index (χ2v) is 17.1. The van der Waals surface area contributed by atoms with E-state index < -0.39 is 0 Å². The van der Waals surface area contributed by atoms with Crippen molar-refractivity contribution < 1.29 is 0 Å². The third-order valence-corrected chi connectivity index (χ3v) is 13.3. The topological polar surface area (TPSA) is 0 Å². The Morgan fingerprint density at radius 3 is 2.21 bits per heavy atom. The summed E-state index contributed by atoms with van der Waals surface area (Å²) in [4.78, 5) is 0. The van der Waals surface area contributed by atoms with Crippen LogP contribution in [0, 0.1) is 35.0 Å². The number of hydrogen-bond acceptors (Lipinski definition) is 0. The van der Waals surface area contributed by atoms with Crippen molar-refractivity contribution in [2.75, 3.05) is 0 Å². The summed E-state index contributed by atoms with van der Waals surface area (Å²) in [6.45, 7) is 44.7. The zero-order valence-corrected chi connectivity index (χ0v) is 32.5. The van der Waals surface area contributed by atoms with Crippen molar-refractivity contribution in [3.63, 3.8) is 0 Å². The van der Waals surface area contributed by atoms with Crippen LogP contribution in [0.3, 0.4) is 0 Å². The Labute approximate surface area is 294 Å². The smallest absolute Gasteiger partial charge is 0.0194 e. The summed E-state index contributed by atoms with van der Waals surface area (Å²) in [6.07, 6.45) is 8.83. The first-order valence-corrected chi connectivity index (χ1v) is 18.8. The lowest BCUT2D eigenvalue weighted by atomic mass is 9.41. The minimum atomic E-state index is -0.137. The molecule has 5 rings (SSSR count). The van der Waals surface area contributed by atoms with Crippen LogP contribution in [0.15, 0.2) is 95.7 Å². The van der Waals surface area contributed by atoms with Crippen LogP contribution in [0.4, 0.5) is 0 Å². The summed E-state index contributed by atoms with van der Waals surface area (Å²) in [5.41, 5.74) is 20.6. The maximum Gasteiger partial charge on any atom is 0.0194 e. The summed E-state index contributed by atoms with van der Waals surface area (Å²) < 4.78 is 0. The van der Waals surface area contributed by atoms with Crippen LogP contribution >= 0.6 is 0 Å². The van der Waals surface area contributed by atoms with Gasteiger partial charge >= 0.3 is 0 Å². The van der Waals surface area contributed by atoms with Gasteiger partial charge in [0.1, 0.15) is 0 Å². The third kappa shape index (κ3) is 5.60. The van der Waals surface area contributed by atoms with Crippen LogP contribution in [0.1, 0.15) is 129 Å². The number of benzene rings is 2. The first-order valence-electron chi connectivity index (χ1n) is 18.8. The largest absolute Gasteiger partial charge is 0.0996 e. The number of allylic oxidation sites excluding steroid dienone is 8. The van der Waals surface area contributed by atoms with E-state index in [2.05, 4.69) is 120 Å². The Morgan fingerprint density at radius 1 is 0.917 bits per heavy atom. The van der Waals surface area contributed by atoms with E-state index in [1.807, 2.05) is 0 Å². The fourth-order valence-electron chi connectivity index (χ4n) is 11.0. The monoisotopic (exact) mass is 641 g/mol. The molecular weight excluding hydrogens is 577 g/mol. The molecule has 0 heteroatoms. The van der Waals surface area contributed by atoms with Gasteiger partial charge in [0, 0.05) is 5.41 Å². The number of rotatable bonds is 10. The zero-order valence-electron chi connectivity index (χ0n) is 32.5. The van der Waals surface area contributed by atoms with Gasteiger partial charge in [-0.2, -0.15) is 0 Å². The van der Waals surface area contributed by atoms with E-state index in [0.29, 0.717) is 11.8 Å². The molecule has 48 heavy (non-hydrogen) atoms. The standard InChI is InChI=1S/C48H64/c1-16-18-31(7)39(29(3)4)24-21-37-20-22-38(17-2)41(25-37)40-23-19-32(8)44-34(10)45-36(12)48(15)35(11)43(30(5)6)33(9)26-47(48,14)28-46(45,13)27-42(40)44/h19-20,22-23,25,29,39H,5,7,10-11,16-18,21,24,26-28H2,1-4,6,8-9,12-15H3/t39?,46-,47+,48-/m1/s1. The molecule has 0 aromatic heterocycles. The van der Waals surface area contributed by atoms with E-state index in [4.69, 9.17) is 13.2 Å². The Balaban J connectivity index is 1.63. The molecule has 3 aliphatic carbocycles. The third-order valence-electron chi connectivity index (χ3n) is 13.3. The number of aryl methyl sites for hydroxylation is 3. The Hall–Kier alpha value is -3.12. The van der Waals surface area contributed by atoms with Gasteiger partial charge in [-0.1, -0.05) is 134 Å². The van der Waals surface area contributed by atoms with Crippen LogP contribution in [-0.4, -0.2) is 0 Å². The molecule has 0 saturated carbocycles. The summed E-state index contributed by atoms with van der Waals surface area (Å²) in [5.74, 6) is 1.19. The van der Waals surface area contributed by atoms with Crippen molar-refractivity contribution in [3.8, 4) is 11.1 Å². The average Bonchev–Trinajstić information content (AvgIpc) is 2.98. The number of fused-ring (bicyclic) bond motifs is 3. The van der Waals surface area contributed by atoms with E-state index in [1.54, 1.807) is 0 Å². The van der Waals surface area contributed by atoms with Gasteiger partial charge in [0.2, 0.25) is 0 Å². The molecule has 0 aliphatic heterocycles. The predicted octanol–water partition coefficient (Wildman–Crippen LogP) is 13.9. The fourth-order valence-corrected chi connectivity index (χ4v) is 11.0. The molecule has 0 radical (unpaired) electrons. The van der Waals surface area contributed by atoms with Gasteiger partial charge in [0.15, 0.2) is 0 Å². The van der Waals surface area contributed by atoms with Gasteiger partial charge in [0.05, 0.1) is 0 Å². The van der Waals surface area contributed by atoms with Crippen molar-refractivity contribution in [3.05, 3.63) is 123 Å². The summed E-state index contributed by atoms with van der Waals surface area (Å²) in [6, 6.07) is 12.1. The van der Waals surface area contributed by atoms with Crippen molar-refractivity contribution in [2.45, 2.75) is 128 Å². The van der Waals surface area contributed by atoms with Crippen molar-refractivity contribution >= 4 is 5.57 Å². The highest BCUT2D eigenvalue weighted by Gasteiger charge is 2.59. The van der Waals surface area contributed by atoms with E-state index >= 15 is 0 Å². The number of hydrogen-bond donors (Lipinski definition) is 0. The molecule has 2 aromatic rings. The van der Waals surface area contributed by atoms with Crippen LogP contribution < -0.4 is 0 Å². The van der Waals surface area contributed by atoms with Crippen LogP contribution in [0.2, 0.25) is 0 Å². The van der Waals surface area contributed by atoms with Gasteiger partial charge in [-0.05, 0) is 157 Å². The lowest BCUT2D eigenvalue weighted by molar-refractivity contribution is 0.0544. The van der Waals surface area contributed by atoms with Gasteiger partial charge in [-0.15, -0.1) is 0 Å². The second kappa shape index (κ2) is 13.0. The highest BCUT2D eigenvalue weighted by molar-refractivity contribution is 5.90. The van der Waals surface area contributed by atoms with Gasteiger partial charge < -0.3 is 0 Å². The summed E-state index contributed by atoms with van der Waals surface area (Å²) >= 11 is 0. The Bertz CT molecular complexity index is 1760. The van der Waals surface area contributed by atoms with E-state index in [1.165, 1.54) is 90.8 Å². The molecule has 256 valence electrons. The first-order chi connectivity index (χ1) is 22.5. The van der Waals surface area contributed by atoms with Crippen molar-refractivity contribution in [1.29, 1.82) is 0 Å². The molecule has 0 N–H and O–H groups in total. The normalized spacial score (nSPS) is 26.0. The minimum absolute atomic E-state index is 0.000367. The molecule has 0 heterocycles. The van der Waals surface area contributed by atoms with Gasteiger partial charge in [-0.25, -0.2) is 0 Å². The molecule has 0 fully saturated rings. The van der Waals surface area contributed by atoms with Crippen LogP contribution in [-0.2, 0) is 19.3 Å². The molecule has 4 atom stereocenters. The van der Waals surface area contributed by atoms with E-state index in [9.17, 15) is 0 Å². The van der Waals surface area contributed by atoms with Crippen molar-refractivity contribution in [1.82, 2.24) is 0 Å². The first kappa shape index (κ1) is 36.2. The molecular formula is C48H64. The van der Waals surface area contributed by atoms with Crippen LogP contribution in [0.25, 0.3) is 16.7 Å². The highest BCUT2D eigenvalue weighted by atomic mass is 14.6. The lowest BCUT2D eigenvalue weighted by Crippen LogP contribution is -2.52. The molecule has 3 aliphatic rings. The highest BCUT2D eigenvalue weighted by Crippen LogP contribution is 2.70. The van der Waals surface area contributed by atoms with Gasteiger partial charge in [-0.3, -0.25) is 0 Å². The molecule has 0 saturated heterocycles. The molecule has 1 unspecified atom stereocenters.